The van der Waals surface area contributed by atoms with Crippen molar-refractivity contribution in [3.63, 3.8) is 0 Å². The number of alkyl halides is 6. The van der Waals surface area contributed by atoms with Gasteiger partial charge in [0.2, 0.25) is 11.6 Å². The number of halogens is 6. The van der Waals surface area contributed by atoms with Crippen LogP contribution >= 0.6 is 24.0 Å². The van der Waals surface area contributed by atoms with Crippen LogP contribution in [-0.4, -0.2) is 25.2 Å². The highest BCUT2D eigenvalue weighted by Gasteiger charge is 2.41. The number of amides is 1. The van der Waals surface area contributed by atoms with Crippen molar-refractivity contribution < 1.29 is 31.1 Å². The lowest BCUT2D eigenvalue weighted by Gasteiger charge is -2.09. The highest BCUT2D eigenvalue weighted by Crippen LogP contribution is 2.32. The Morgan fingerprint density at radius 3 is 1.86 bits per heavy atom. The maximum Gasteiger partial charge on any atom is 0.451 e. The second kappa shape index (κ2) is 5.46. The Morgan fingerprint density at radius 1 is 1.00 bits per heavy atom. The second-order valence-corrected chi connectivity index (χ2v) is 5.41. The van der Waals surface area contributed by atoms with E-state index in [1.165, 1.54) is 0 Å². The van der Waals surface area contributed by atoms with Gasteiger partial charge in [-0.25, -0.2) is 15.0 Å². The number of carbonyl (C=O) groups is 1. The normalized spacial score (nSPS) is 18.0. The predicted molar refractivity (Wildman–Crippen MR) is 66.1 cm³/mol. The first kappa shape index (κ1) is 16.6. The summed E-state index contributed by atoms with van der Waals surface area (Å²) in [4.78, 5) is 19.2. The molecule has 1 N–H and O–H groups in total. The molecule has 13 heteroatoms. The number of hydrogen-bond acceptors (Lipinski definition) is 6. The van der Waals surface area contributed by atoms with E-state index in [9.17, 15) is 31.1 Å². The molecular formula is C9H2F6N4OS2. The minimum Gasteiger partial charge on any atom is -0.307 e. The number of hydrogen-bond donors (Lipinski definition) is 1. The Bertz CT molecular complexity index is 651. The molecule has 2 rings (SSSR count). The molecule has 0 bridgehead atoms. The van der Waals surface area contributed by atoms with Crippen molar-refractivity contribution in [3.8, 4) is 0 Å². The molecule has 1 saturated heterocycles. The summed E-state index contributed by atoms with van der Waals surface area (Å²) < 4.78 is 75.3. The van der Waals surface area contributed by atoms with E-state index >= 15 is 0 Å². The molecule has 118 valence electrons. The van der Waals surface area contributed by atoms with Crippen LogP contribution in [0.15, 0.2) is 4.91 Å². The van der Waals surface area contributed by atoms with E-state index < -0.39 is 35.7 Å². The number of thiocarbonyl (C=S) groups is 1. The van der Waals surface area contributed by atoms with Gasteiger partial charge in [0, 0.05) is 6.08 Å². The van der Waals surface area contributed by atoms with Gasteiger partial charge in [-0.15, -0.1) is 0 Å². The third-order valence-electron chi connectivity index (χ3n) is 2.06. The average molecular weight is 360 g/mol. The fourth-order valence-corrected chi connectivity index (χ4v) is 2.26. The molecule has 1 aromatic rings. The van der Waals surface area contributed by atoms with Crippen molar-refractivity contribution in [2.24, 2.45) is 0 Å². The number of aromatic nitrogens is 3. The molecule has 1 aromatic heterocycles. The van der Waals surface area contributed by atoms with Crippen LogP contribution in [0.4, 0.5) is 26.3 Å². The fourth-order valence-electron chi connectivity index (χ4n) is 1.25. The summed E-state index contributed by atoms with van der Waals surface area (Å²) in [5.74, 6) is -5.73. The lowest BCUT2D eigenvalue weighted by Crippen LogP contribution is -2.20. The molecule has 0 atom stereocenters. The minimum absolute atomic E-state index is 0.0115. The van der Waals surface area contributed by atoms with E-state index in [0.717, 1.165) is 0 Å². The summed E-state index contributed by atoms with van der Waals surface area (Å²) in [6.07, 6.45) is -9.72. The SMILES string of the molecule is O=C1NC(=S)SC1=Cc1nc(C(F)(F)F)nc(C(F)(F)F)n1. The topological polar surface area (TPSA) is 67.8 Å². The van der Waals surface area contributed by atoms with Crippen LogP contribution in [0.2, 0.25) is 0 Å². The molecule has 0 aromatic carbocycles. The molecule has 1 amide bonds. The van der Waals surface area contributed by atoms with E-state index in [4.69, 9.17) is 0 Å². The molecule has 2 heterocycles. The van der Waals surface area contributed by atoms with Gasteiger partial charge in [-0.3, -0.25) is 4.79 Å². The van der Waals surface area contributed by atoms with Crippen LogP contribution in [0.25, 0.3) is 6.08 Å². The van der Waals surface area contributed by atoms with Crippen molar-refractivity contribution >= 4 is 40.3 Å². The van der Waals surface area contributed by atoms with Gasteiger partial charge in [0.25, 0.3) is 5.91 Å². The van der Waals surface area contributed by atoms with Crippen molar-refractivity contribution in [3.05, 3.63) is 22.4 Å². The third kappa shape index (κ3) is 3.71. The van der Waals surface area contributed by atoms with Crippen LogP contribution < -0.4 is 5.32 Å². The van der Waals surface area contributed by atoms with E-state index in [1.54, 1.807) is 0 Å². The standard InChI is InChI=1S/C9H2F6N4OS2/c10-8(11,12)5-16-3(17-6(19-5)9(13,14)15)1-2-4(20)18-7(21)22-2/h1H,(H,18,20,21). The fraction of sp³-hybridized carbons (Fsp3) is 0.222. The summed E-state index contributed by atoms with van der Waals surface area (Å²) >= 11 is 5.30. The van der Waals surface area contributed by atoms with Gasteiger partial charge in [0.05, 0.1) is 4.91 Å². The van der Waals surface area contributed by atoms with Crippen molar-refractivity contribution in [1.82, 2.24) is 20.3 Å². The number of rotatable bonds is 1. The monoisotopic (exact) mass is 360 g/mol. The van der Waals surface area contributed by atoms with Crippen LogP contribution in [0, 0.1) is 0 Å². The Hall–Kier alpha value is -1.76. The van der Waals surface area contributed by atoms with Gasteiger partial charge in [-0.05, 0) is 0 Å². The Balaban J connectivity index is 2.54. The third-order valence-corrected chi connectivity index (χ3v) is 3.22. The van der Waals surface area contributed by atoms with Crippen LogP contribution in [0.3, 0.4) is 0 Å². The maximum absolute atomic E-state index is 12.5. The quantitative estimate of drug-likeness (QED) is 0.471. The molecule has 0 saturated carbocycles. The van der Waals surface area contributed by atoms with Crippen molar-refractivity contribution in [2.45, 2.75) is 12.4 Å². The average Bonchev–Trinajstić information content (AvgIpc) is 2.65. The van der Waals surface area contributed by atoms with E-state index in [1.807, 2.05) is 0 Å². The zero-order valence-electron chi connectivity index (χ0n) is 9.91. The molecule has 1 fully saturated rings. The molecule has 5 nitrogen and oxygen atoms in total. The second-order valence-electron chi connectivity index (χ2n) is 3.69. The summed E-state index contributed by atoms with van der Waals surface area (Å²) in [5, 5.41) is 2.15. The molecule has 1 aliphatic heterocycles. The van der Waals surface area contributed by atoms with E-state index in [0.29, 0.717) is 17.8 Å². The van der Waals surface area contributed by atoms with Crippen LogP contribution in [0.1, 0.15) is 17.5 Å². The van der Waals surface area contributed by atoms with Gasteiger partial charge < -0.3 is 5.32 Å². The molecule has 0 spiro atoms. The number of thioether (sulfide) groups is 1. The van der Waals surface area contributed by atoms with E-state index in [2.05, 4.69) is 32.5 Å². The summed E-state index contributed by atoms with van der Waals surface area (Å²) in [7, 11) is 0. The highest BCUT2D eigenvalue weighted by atomic mass is 32.2. The van der Waals surface area contributed by atoms with Gasteiger partial charge in [-0.1, -0.05) is 24.0 Å². The van der Waals surface area contributed by atoms with Gasteiger partial charge in [0.15, 0.2) is 5.82 Å². The van der Waals surface area contributed by atoms with Crippen molar-refractivity contribution in [2.75, 3.05) is 0 Å². The molecule has 22 heavy (non-hydrogen) atoms. The summed E-state index contributed by atoms with van der Waals surface area (Å²) in [6.45, 7) is 0. The molecular weight excluding hydrogens is 358 g/mol. The smallest absolute Gasteiger partial charge is 0.307 e. The van der Waals surface area contributed by atoms with E-state index in [-0.39, 0.29) is 9.23 Å². The Labute approximate surface area is 127 Å². The van der Waals surface area contributed by atoms with Gasteiger partial charge in [0.1, 0.15) is 4.32 Å². The first-order valence-corrected chi connectivity index (χ1v) is 6.34. The maximum atomic E-state index is 12.5. The number of nitrogens with one attached hydrogen (secondary N) is 1. The summed E-state index contributed by atoms with van der Waals surface area (Å²) in [5.41, 5.74) is 0. The van der Waals surface area contributed by atoms with Gasteiger partial charge >= 0.3 is 12.4 Å². The number of carbonyl (C=O) groups excluding carboxylic acids is 1. The largest absolute Gasteiger partial charge is 0.451 e. The zero-order chi connectivity index (χ0) is 16.7. The molecule has 0 aliphatic carbocycles. The molecule has 0 unspecified atom stereocenters. The first-order chi connectivity index (χ1) is 9.96. The minimum atomic E-state index is -5.20. The van der Waals surface area contributed by atoms with Crippen molar-refractivity contribution in [1.29, 1.82) is 0 Å². The predicted octanol–water partition coefficient (Wildman–Crippen LogP) is 2.40. The lowest BCUT2D eigenvalue weighted by molar-refractivity contribution is -0.155. The Kier molecular flexibility index (Phi) is 4.12. The number of nitrogens with zero attached hydrogens (tertiary/aromatic N) is 3. The van der Waals surface area contributed by atoms with Crippen LogP contribution in [0.5, 0.6) is 0 Å². The lowest BCUT2D eigenvalue weighted by atomic mass is 10.4. The van der Waals surface area contributed by atoms with Crippen LogP contribution in [-0.2, 0) is 17.1 Å². The zero-order valence-corrected chi connectivity index (χ0v) is 11.5. The highest BCUT2D eigenvalue weighted by molar-refractivity contribution is 8.26. The van der Waals surface area contributed by atoms with Gasteiger partial charge in [-0.2, -0.15) is 26.3 Å². The summed E-state index contributed by atoms with van der Waals surface area (Å²) in [6, 6.07) is 0. The molecule has 1 aliphatic rings. The Morgan fingerprint density at radius 2 is 1.50 bits per heavy atom. The molecule has 0 radical (unpaired) electrons. The first-order valence-electron chi connectivity index (χ1n) is 5.12.